The number of fused-ring (bicyclic) bond motifs is 2. The molecule has 4 saturated carbocycles. The zero-order valence-corrected chi connectivity index (χ0v) is 37.5. The molecule has 9 nitrogen and oxygen atoms in total. The number of ketones is 2. The van der Waals surface area contributed by atoms with E-state index in [9.17, 15) is 24.9 Å². The van der Waals surface area contributed by atoms with Gasteiger partial charge in [-0.1, -0.05) is 57.3 Å². The van der Waals surface area contributed by atoms with Gasteiger partial charge in [0.1, 0.15) is 18.2 Å². The first-order valence-corrected chi connectivity index (χ1v) is 24.7. The van der Waals surface area contributed by atoms with Gasteiger partial charge in [-0.05, 0) is 151 Å². The van der Waals surface area contributed by atoms with Crippen molar-refractivity contribution in [2.75, 3.05) is 13.7 Å². The predicted octanol–water partition coefficient (Wildman–Crippen LogP) is 7.74. The van der Waals surface area contributed by atoms with Crippen LogP contribution in [0.15, 0.2) is 16.8 Å². The predicted molar refractivity (Wildman–Crippen MR) is 237 cm³/mol. The van der Waals surface area contributed by atoms with E-state index in [1.165, 1.54) is 38.0 Å². The molecule has 0 bridgehead atoms. The molecule has 0 radical (unpaired) electrons. The molecule has 7 aliphatic rings. The molecule has 0 amide bonds. The number of piperidine rings is 1. The summed E-state index contributed by atoms with van der Waals surface area (Å²) in [4.78, 5) is 33.8. The molecule has 6 N–H and O–H groups in total. The zero-order valence-electron chi connectivity index (χ0n) is 37.5. The van der Waals surface area contributed by atoms with E-state index in [1.54, 1.807) is 7.11 Å². The van der Waals surface area contributed by atoms with Crippen molar-refractivity contribution in [2.45, 2.75) is 186 Å². The summed E-state index contributed by atoms with van der Waals surface area (Å²) in [5, 5.41) is 39.1. The van der Waals surface area contributed by atoms with Gasteiger partial charge in [-0.2, -0.15) is 0 Å². The largest absolute Gasteiger partial charge is 0.391 e. The van der Waals surface area contributed by atoms with Crippen molar-refractivity contribution >= 4 is 17.8 Å². The monoisotopic (exact) mass is 831 g/mol. The number of carbonyl (C=O) groups excluding carboxylic acids is 2. The van der Waals surface area contributed by atoms with Crippen molar-refractivity contribution < 1.29 is 29.6 Å². The van der Waals surface area contributed by atoms with Crippen molar-refractivity contribution in [3.8, 4) is 11.8 Å². The fourth-order valence-corrected chi connectivity index (χ4v) is 14.1. The Morgan fingerprint density at radius 3 is 2.40 bits per heavy atom. The fraction of sp³-hybridized carbons (Fsp3) is 0.843. The maximum atomic E-state index is 15.0. The van der Waals surface area contributed by atoms with Gasteiger partial charge >= 0.3 is 0 Å². The van der Waals surface area contributed by atoms with E-state index in [4.69, 9.17) is 15.5 Å². The molecule has 0 aromatic rings. The van der Waals surface area contributed by atoms with Gasteiger partial charge in [0.15, 0.2) is 23.4 Å². The third kappa shape index (κ3) is 10.2. The summed E-state index contributed by atoms with van der Waals surface area (Å²) < 4.78 is 5.78. The van der Waals surface area contributed by atoms with Gasteiger partial charge in [-0.3, -0.25) is 9.59 Å². The number of hydrogen-bond acceptors (Lipinski definition) is 9. The Bertz CT molecular complexity index is 1570. The Labute approximate surface area is 362 Å². The average molecular weight is 831 g/mol. The molecule has 2 heterocycles. The van der Waals surface area contributed by atoms with Gasteiger partial charge in [0.2, 0.25) is 0 Å². The van der Waals surface area contributed by atoms with Crippen molar-refractivity contribution in [3.63, 3.8) is 0 Å². The molecular formula is C51H80N3O6+. The zero-order chi connectivity index (χ0) is 42.6. The molecule has 0 aromatic carbocycles. The number of aliphatic imine (C=N–C) groups is 1. The highest BCUT2D eigenvalue weighted by Crippen LogP contribution is 2.59. The molecule has 0 spiro atoms. The SMILES string of the molecule is CCCC(C(O)CC1=C[C+](C(C)C)C=N1)C1CC2C(=O)C(O)C(=O)CCC3CC(OC)C(O)CC3C(C3CCCCC3)C#CC2CC(C2(C3CCNC(N)C3)CCCC2)C1. The lowest BCUT2D eigenvalue weighted by molar-refractivity contribution is -0.142. The number of allylic oxidation sites excluding steroid dienone is 1. The number of carbonyl (C=O) groups is 2. The molecule has 1 saturated heterocycles. The molecule has 334 valence electrons. The minimum Gasteiger partial charge on any atom is -0.391 e. The van der Waals surface area contributed by atoms with Crippen molar-refractivity contribution in [1.29, 1.82) is 0 Å². The third-order valence-electron chi connectivity index (χ3n) is 17.4. The number of aliphatic hydroxyl groups excluding tert-OH is 3. The first-order valence-electron chi connectivity index (χ1n) is 24.7. The highest BCUT2D eigenvalue weighted by atomic mass is 16.5. The van der Waals surface area contributed by atoms with E-state index < -0.39 is 24.2 Å². The second-order valence-electron chi connectivity index (χ2n) is 21.1. The van der Waals surface area contributed by atoms with Crippen molar-refractivity contribution in [1.82, 2.24) is 5.32 Å². The molecule has 9 heteroatoms. The minimum absolute atomic E-state index is 0.0197. The molecule has 7 rings (SSSR count). The lowest BCUT2D eigenvalue weighted by Gasteiger charge is -2.48. The summed E-state index contributed by atoms with van der Waals surface area (Å²) >= 11 is 0. The van der Waals surface area contributed by atoms with Gasteiger partial charge < -0.3 is 31.1 Å². The van der Waals surface area contributed by atoms with Crippen LogP contribution in [0.2, 0.25) is 0 Å². The van der Waals surface area contributed by atoms with E-state index in [0.29, 0.717) is 49.9 Å². The number of nitrogens with one attached hydrogen (secondary N) is 1. The highest BCUT2D eigenvalue weighted by Gasteiger charge is 2.53. The Hall–Kier alpha value is -2.06. The summed E-state index contributed by atoms with van der Waals surface area (Å²) in [6.07, 6.45) is 19.7. The van der Waals surface area contributed by atoms with Crippen LogP contribution in [0.25, 0.3) is 0 Å². The Morgan fingerprint density at radius 2 is 1.72 bits per heavy atom. The summed E-state index contributed by atoms with van der Waals surface area (Å²) in [5.41, 5.74) is 7.65. The second kappa shape index (κ2) is 20.6. The second-order valence-corrected chi connectivity index (χ2v) is 21.1. The lowest BCUT2D eigenvalue weighted by atomic mass is 9.58. The maximum Gasteiger partial charge on any atom is 0.177 e. The quantitative estimate of drug-likeness (QED) is 0.0806. The van der Waals surface area contributed by atoms with Crippen LogP contribution in [-0.4, -0.2) is 77.3 Å². The average Bonchev–Trinajstić information content (AvgIpc) is 3.90. The Morgan fingerprint density at radius 1 is 0.950 bits per heavy atom. The van der Waals surface area contributed by atoms with Crippen LogP contribution in [0, 0.1) is 88.3 Å². The van der Waals surface area contributed by atoms with Crippen molar-refractivity contribution in [3.05, 3.63) is 17.7 Å². The molecule has 14 atom stereocenters. The van der Waals surface area contributed by atoms with Crippen LogP contribution in [0.4, 0.5) is 0 Å². The first kappa shape index (κ1) is 45.9. The van der Waals surface area contributed by atoms with Gasteiger partial charge in [0.25, 0.3) is 0 Å². The summed E-state index contributed by atoms with van der Waals surface area (Å²) in [6.45, 7) is 7.43. The third-order valence-corrected chi connectivity index (χ3v) is 17.4. The van der Waals surface area contributed by atoms with Gasteiger partial charge in [0.05, 0.1) is 30.9 Å². The van der Waals surface area contributed by atoms with Crippen molar-refractivity contribution in [2.24, 2.45) is 81.2 Å². The molecule has 0 aromatic heterocycles. The van der Waals surface area contributed by atoms with Gasteiger partial charge in [-0.15, -0.1) is 4.99 Å². The number of aliphatic hydroxyl groups is 3. The summed E-state index contributed by atoms with van der Waals surface area (Å²) in [7, 11) is 1.66. The minimum atomic E-state index is -1.68. The number of Topliss-reactive ketones (excluding diaryl/α,β-unsaturated/α-hetero) is 2. The molecular weight excluding hydrogens is 751 g/mol. The van der Waals surface area contributed by atoms with Crippen LogP contribution < -0.4 is 11.1 Å². The number of rotatable bonds is 11. The Kier molecular flexibility index (Phi) is 15.8. The highest BCUT2D eigenvalue weighted by molar-refractivity contribution is 6.06. The Balaban J connectivity index is 1.32. The van der Waals surface area contributed by atoms with Crippen LogP contribution in [0.5, 0.6) is 0 Å². The number of hydrogen-bond donors (Lipinski definition) is 5. The number of ether oxygens (including phenoxy) is 1. The fourth-order valence-electron chi connectivity index (χ4n) is 14.1. The molecule has 14 unspecified atom stereocenters. The van der Waals surface area contributed by atoms with E-state index in [1.807, 2.05) is 6.21 Å². The van der Waals surface area contributed by atoms with E-state index in [-0.39, 0.29) is 77.1 Å². The topological polar surface area (TPSA) is 154 Å². The number of nitrogens with two attached hydrogens (primary N) is 1. The van der Waals surface area contributed by atoms with E-state index >= 15 is 0 Å². The standard InChI is InChI=1S/C51H80N3O6/c1-5-11-41(45(56)28-39-24-36(30-54-39)31(2)3)35-23-38(51(19-9-10-20-51)37-18-21-53-48(52)27-37)22-33-14-16-40(32-12-7-6-8-13-32)42-29-46(57)47(60-4)26-34(42)15-17-44(55)50(59)49(58)43(33)25-35/h24,30-35,37-38,40-43,45-48,50,53,56-57,59H,5-13,15,17-23,25-29,52H2,1-4H3/q+1. The molecule has 60 heavy (non-hydrogen) atoms. The normalized spacial score (nSPS) is 39.1. The molecule has 5 aliphatic carbocycles. The van der Waals surface area contributed by atoms with E-state index in [2.05, 4.69) is 44.0 Å². The van der Waals surface area contributed by atoms with E-state index in [0.717, 1.165) is 76.5 Å². The van der Waals surface area contributed by atoms with Gasteiger partial charge in [-0.25, -0.2) is 0 Å². The number of methoxy groups -OCH3 is 1. The first-order chi connectivity index (χ1) is 28.9. The van der Waals surface area contributed by atoms with Crippen LogP contribution in [-0.2, 0) is 14.3 Å². The molecule has 2 aliphatic heterocycles. The van der Waals surface area contributed by atoms with Crippen LogP contribution in [0.1, 0.15) is 156 Å². The number of nitrogens with zero attached hydrogens (tertiary/aromatic N) is 1. The van der Waals surface area contributed by atoms with Crippen LogP contribution >= 0.6 is 0 Å². The summed E-state index contributed by atoms with van der Waals surface area (Å²) in [6, 6.07) is 0. The smallest absolute Gasteiger partial charge is 0.177 e. The lowest BCUT2D eigenvalue weighted by Crippen LogP contribution is -2.50. The maximum absolute atomic E-state index is 15.0. The summed E-state index contributed by atoms with van der Waals surface area (Å²) in [5.74, 6) is 9.17. The molecule has 5 fully saturated rings. The van der Waals surface area contributed by atoms with Gasteiger partial charge in [0, 0.05) is 37.2 Å². The van der Waals surface area contributed by atoms with Crippen LogP contribution in [0.3, 0.4) is 0 Å².